The van der Waals surface area contributed by atoms with Gasteiger partial charge in [0.15, 0.2) is 0 Å². The monoisotopic (exact) mass is 391 g/mol. The first-order valence-electron chi connectivity index (χ1n) is 6.01. The molecule has 0 spiro atoms. The first-order valence-corrected chi connectivity index (χ1v) is 8.82. The van der Waals surface area contributed by atoms with Gasteiger partial charge in [0.05, 0.1) is 0 Å². The van der Waals surface area contributed by atoms with Gasteiger partial charge >= 0.3 is 0 Å². The third kappa shape index (κ3) is 4.26. The van der Waals surface area contributed by atoms with Crippen LogP contribution in [0.3, 0.4) is 0 Å². The molecule has 0 aromatic heterocycles. The number of sulfonamides is 1. The Hall–Kier alpha value is -0.950. The zero-order valence-corrected chi connectivity index (χ0v) is 14.0. The molecular weight excluding hydrogens is 381 g/mol. The second-order valence-electron chi connectivity index (χ2n) is 4.35. The highest BCUT2D eigenvalue weighted by atomic mass is 79.9. The van der Waals surface area contributed by atoms with E-state index < -0.39 is 15.8 Å². The standard InChI is InChI=1S/C14H12BrClFNO2S/c15-12-4-5-14(13(17)7-12)21(19,20)18-9-11-3-1-2-10(6-11)8-16/h1-7,18H,8-9H2. The smallest absolute Gasteiger partial charge is 0.207 e. The van der Waals surface area contributed by atoms with Gasteiger partial charge in [0, 0.05) is 16.9 Å². The Morgan fingerprint density at radius 3 is 2.52 bits per heavy atom. The molecule has 0 unspecified atom stereocenters. The summed E-state index contributed by atoms with van der Waals surface area (Å²) in [6, 6.07) is 11.0. The molecule has 0 heterocycles. The molecule has 0 aliphatic heterocycles. The van der Waals surface area contributed by atoms with E-state index in [0.29, 0.717) is 10.4 Å². The summed E-state index contributed by atoms with van der Waals surface area (Å²) in [6.07, 6.45) is 0. The average molecular weight is 393 g/mol. The lowest BCUT2D eigenvalue weighted by Crippen LogP contribution is -2.24. The lowest BCUT2D eigenvalue weighted by molar-refractivity contribution is 0.556. The largest absolute Gasteiger partial charge is 0.243 e. The Kier molecular flexibility index (Phi) is 5.37. The molecule has 0 amide bonds. The molecule has 2 rings (SSSR count). The van der Waals surface area contributed by atoms with Gasteiger partial charge in [-0.2, -0.15) is 0 Å². The third-order valence-corrected chi connectivity index (χ3v) is 5.03. The molecule has 0 aliphatic rings. The number of hydrogen-bond acceptors (Lipinski definition) is 2. The van der Waals surface area contributed by atoms with Crippen LogP contribution in [0.25, 0.3) is 0 Å². The molecule has 1 N–H and O–H groups in total. The van der Waals surface area contributed by atoms with Crippen LogP contribution in [0.4, 0.5) is 4.39 Å². The van der Waals surface area contributed by atoms with Crippen molar-refractivity contribution in [1.29, 1.82) is 0 Å². The third-order valence-electron chi connectivity index (χ3n) is 2.80. The van der Waals surface area contributed by atoms with Crippen LogP contribution in [-0.2, 0) is 22.4 Å². The molecule has 0 saturated carbocycles. The van der Waals surface area contributed by atoms with Gasteiger partial charge in [-0.25, -0.2) is 17.5 Å². The minimum atomic E-state index is -3.90. The summed E-state index contributed by atoms with van der Waals surface area (Å²) >= 11 is 8.81. The maximum absolute atomic E-state index is 13.7. The highest BCUT2D eigenvalue weighted by Gasteiger charge is 2.18. The van der Waals surface area contributed by atoms with E-state index in [-0.39, 0.29) is 11.4 Å². The molecule has 21 heavy (non-hydrogen) atoms. The fourth-order valence-electron chi connectivity index (χ4n) is 1.77. The van der Waals surface area contributed by atoms with Crippen LogP contribution in [0.15, 0.2) is 51.8 Å². The van der Waals surface area contributed by atoms with E-state index in [1.807, 2.05) is 6.07 Å². The SMILES string of the molecule is O=S(=O)(NCc1cccc(CCl)c1)c1ccc(Br)cc1F. The normalized spacial score (nSPS) is 11.6. The van der Waals surface area contributed by atoms with Crippen molar-refractivity contribution in [3.8, 4) is 0 Å². The van der Waals surface area contributed by atoms with Crippen LogP contribution >= 0.6 is 27.5 Å². The van der Waals surface area contributed by atoms with E-state index >= 15 is 0 Å². The molecule has 0 saturated heterocycles. The molecule has 2 aromatic rings. The van der Waals surface area contributed by atoms with Gasteiger partial charge in [-0.15, -0.1) is 11.6 Å². The van der Waals surface area contributed by atoms with Gasteiger partial charge in [0.25, 0.3) is 0 Å². The predicted octanol–water partition coefficient (Wildman–Crippen LogP) is 3.81. The lowest BCUT2D eigenvalue weighted by atomic mass is 10.1. The minimum absolute atomic E-state index is 0.0720. The predicted molar refractivity (Wildman–Crippen MR) is 84.1 cm³/mol. The fraction of sp³-hybridized carbons (Fsp3) is 0.143. The van der Waals surface area contributed by atoms with Crippen molar-refractivity contribution in [2.24, 2.45) is 0 Å². The van der Waals surface area contributed by atoms with Gasteiger partial charge in [0.2, 0.25) is 10.0 Å². The van der Waals surface area contributed by atoms with Crippen molar-refractivity contribution in [3.05, 3.63) is 63.9 Å². The number of rotatable bonds is 5. The summed E-state index contributed by atoms with van der Waals surface area (Å²) in [5.74, 6) is -0.451. The molecule has 2 aromatic carbocycles. The van der Waals surface area contributed by atoms with Gasteiger partial charge < -0.3 is 0 Å². The van der Waals surface area contributed by atoms with Crippen LogP contribution in [-0.4, -0.2) is 8.42 Å². The van der Waals surface area contributed by atoms with Crippen LogP contribution in [0.1, 0.15) is 11.1 Å². The Bertz CT molecular complexity index is 752. The van der Waals surface area contributed by atoms with Crippen molar-refractivity contribution < 1.29 is 12.8 Å². The maximum atomic E-state index is 13.7. The second-order valence-corrected chi connectivity index (χ2v) is 7.27. The summed E-state index contributed by atoms with van der Waals surface area (Å²) in [6.45, 7) is 0.0720. The second kappa shape index (κ2) is 6.87. The zero-order chi connectivity index (χ0) is 15.5. The van der Waals surface area contributed by atoms with Crippen LogP contribution < -0.4 is 4.72 Å². The van der Waals surface area contributed by atoms with E-state index in [1.54, 1.807) is 18.2 Å². The number of hydrogen-bond donors (Lipinski definition) is 1. The van der Waals surface area contributed by atoms with Crippen molar-refractivity contribution >= 4 is 37.6 Å². The summed E-state index contributed by atoms with van der Waals surface area (Å²) < 4.78 is 40.8. The molecular formula is C14H12BrClFNO2S. The Balaban J connectivity index is 2.17. The van der Waals surface area contributed by atoms with Gasteiger partial charge in [-0.1, -0.05) is 40.2 Å². The topological polar surface area (TPSA) is 46.2 Å². The zero-order valence-electron chi connectivity index (χ0n) is 10.8. The first-order chi connectivity index (χ1) is 9.92. The maximum Gasteiger partial charge on any atom is 0.243 e. The van der Waals surface area contributed by atoms with Crippen molar-refractivity contribution in [2.75, 3.05) is 0 Å². The van der Waals surface area contributed by atoms with Crippen molar-refractivity contribution in [1.82, 2.24) is 4.72 Å². The number of nitrogens with one attached hydrogen (secondary N) is 1. The van der Waals surface area contributed by atoms with Gasteiger partial charge in [-0.3, -0.25) is 0 Å². The lowest BCUT2D eigenvalue weighted by Gasteiger charge is -2.08. The summed E-state index contributed by atoms with van der Waals surface area (Å²) in [7, 11) is -3.90. The molecule has 112 valence electrons. The number of alkyl halides is 1. The molecule has 7 heteroatoms. The molecule has 0 atom stereocenters. The fourth-order valence-corrected chi connectivity index (χ4v) is 3.35. The quantitative estimate of drug-likeness (QED) is 0.787. The van der Waals surface area contributed by atoms with Gasteiger partial charge in [0.1, 0.15) is 10.7 Å². The van der Waals surface area contributed by atoms with Crippen molar-refractivity contribution in [3.63, 3.8) is 0 Å². The summed E-state index contributed by atoms with van der Waals surface area (Å²) in [5, 5.41) is 0. The van der Waals surface area contributed by atoms with Crippen molar-refractivity contribution in [2.45, 2.75) is 17.3 Å². The molecule has 0 fully saturated rings. The average Bonchev–Trinajstić information content (AvgIpc) is 2.45. The number of benzene rings is 2. The molecule has 0 radical (unpaired) electrons. The summed E-state index contributed by atoms with van der Waals surface area (Å²) in [4.78, 5) is -0.376. The van der Waals surface area contributed by atoms with E-state index in [2.05, 4.69) is 20.7 Å². The van der Waals surface area contributed by atoms with E-state index in [9.17, 15) is 12.8 Å². The Morgan fingerprint density at radius 1 is 1.14 bits per heavy atom. The summed E-state index contributed by atoms with van der Waals surface area (Å²) in [5.41, 5.74) is 1.65. The molecule has 0 aliphatic carbocycles. The highest BCUT2D eigenvalue weighted by molar-refractivity contribution is 9.10. The highest BCUT2D eigenvalue weighted by Crippen LogP contribution is 2.19. The Labute approximate surface area is 136 Å². The number of halogens is 3. The molecule has 3 nitrogen and oxygen atoms in total. The Morgan fingerprint density at radius 2 is 1.86 bits per heavy atom. The van der Waals surface area contributed by atoms with Crippen LogP contribution in [0, 0.1) is 5.82 Å². The van der Waals surface area contributed by atoms with Gasteiger partial charge in [-0.05, 0) is 29.3 Å². The van der Waals surface area contributed by atoms with E-state index in [4.69, 9.17) is 11.6 Å². The van der Waals surface area contributed by atoms with Crippen LogP contribution in [0.5, 0.6) is 0 Å². The van der Waals surface area contributed by atoms with E-state index in [1.165, 1.54) is 12.1 Å². The van der Waals surface area contributed by atoms with E-state index in [0.717, 1.165) is 17.2 Å². The van der Waals surface area contributed by atoms with Crippen LogP contribution in [0.2, 0.25) is 0 Å². The minimum Gasteiger partial charge on any atom is -0.207 e. The molecule has 0 bridgehead atoms. The first kappa shape index (κ1) is 16.4.